The van der Waals surface area contributed by atoms with E-state index >= 15 is 0 Å². The molecule has 156 valence electrons. The quantitative estimate of drug-likeness (QED) is 0.596. The second-order valence-electron chi connectivity index (χ2n) is 6.58. The maximum Gasteiger partial charge on any atom is 0.264 e. The minimum Gasteiger partial charge on any atom is -0.497 e. The zero-order valence-electron chi connectivity index (χ0n) is 16.7. The normalized spacial score (nSPS) is 11.1. The predicted octanol–water partition coefficient (Wildman–Crippen LogP) is 4.73. The van der Waals surface area contributed by atoms with Crippen LogP contribution in [0.5, 0.6) is 5.75 Å². The van der Waals surface area contributed by atoms with Gasteiger partial charge >= 0.3 is 0 Å². The molecule has 0 atom stereocenters. The number of sulfonamides is 1. The molecular formula is C22H21ClN2O4S. The fourth-order valence-corrected chi connectivity index (χ4v) is 4.28. The van der Waals surface area contributed by atoms with Gasteiger partial charge < -0.3 is 10.1 Å². The number of anilines is 2. The van der Waals surface area contributed by atoms with Crippen molar-refractivity contribution >= 4 is 38.9 Å². The number of nitrogens with zero attached hydrogens (tertiary/aromatic N) is 1. The third-order valence-corrected chi connectivity index (χ3v) is 6.78. The summed E-state index contributed by atoms with van der Waals surface area (Å²) in [4.78, 5) is 12.7. The number of carbonyl (C=O) groups is 1. The smallest absolute Gasteiger partial charge is 0.264 e. The first-order valence-corrected chi connectivity index (χ1v) is 10.9. The van der Waals surface area contributed by atoms with Crippen LogP contribution in [-0.4, -0.2) is 28.5 Å². The maximum atomic E-state index is 12.9. The largest absolute Gasteiger partial charge is 0.497 e. The molecule has 0 spiro atoms. The lowest BCUT2D eigenvalue weighted by molar-refractivity contribution is 0.102. The Hall–Kier alpha value is -3.03. The van der Waals surface area contributed by atoms with Crippen molar-refractivity contribution < 1.29 is 17.9 Å². The van der Waals surface area contributed by atoms with Crippen molar-refractivity contribution in [2.24, 2.45) is 0 Å². The van der Waals surface area contributed by atoms with E-state index < -0.39 is 10.0 Å². The summed E-state index contributed by atoms with van der Waals surface area (Å²) in [6, 6.07) is 18.0. The van der Waals surface area contributed by atoms with Crippen LogP contribution in [0.2, 0.25) is 5.02 Å². The Morgan fingerprint density at radius 2 is 1.70 bits per heavy atom. The van der Waals surface area contributed by atoms with Gasteiger partial charge in [-0.15, -0.1) is 0 Å². The first-order valence-electron chi connectivity index (χ1n) is 9.03. The van der Waals surface area contributed by atoms with Crippen molar-refractivity contribution in [1.29, 1.82) is 0 Å². The van der Waals surface area contributed by atoms with Crippen LogP contribution in [0, 0.1) is 6.92 Å². The zero-order valence-corrected chi connectivity index (χ0v) is 18.3. The average Bonchev–Trinajstić information content (AvgIpc) is 2.74. The van der Waals surface area contributed by atoms with Crippen molar-refractivity contribution in [3.8, 4) is 5.75 Å². The summed E-state index contributed by atoms with van der Waals surface area (Å²) in [5.41, 5.74) is 2.19. The molecule has 0 saturated carbocycles. The Morgan fingerprint density at radius 1 is 1.03 bits per heavy atom. The molecule has 1 N–H and O–H groups in total. The number of para-hydroxylation sites is 1. The second kappa shape index (κ2) is 8.77. The highest BCUT2D eigenvalue weighted by Crippen LogP contribution is 2.28. The average molecular weight is 445 g/mol. The van der Waals surface area contributed by atoms with Crippen LogP contribution in [0.1, 0.15) is 15.9 Å². The van der Waals surface area contributed by atoms with Gasteiger partial charge in [0.15, 0.2) is 0 Å². The highest BCUT2D eigenvalue weighted by atomic mass is 35.5. The number of nitrogens with one attached hydrogen (secondary N) is 1. The molecule has 0 radical (unpaired) electrons. The number of amides is 1. The fourth-order valence-electron chi connectivity index (χ4n) is 2.83. The zero-order chi connectivity index (χ0) is 21.9. The SMILES string of the molecule is COc1ccc(S(=O)(=O)N(C)c2ccc(C(=O)Nc3ccccc3C)c(Cl)c2)cc1. The number of ether oxygens (including phenoxy) is 1. The molecule has 0 heterocycles. The van der Waals surface area contributed by atoms with E-state index in [1.165, 1.54) is 38.4 Å². The number of aryl methyl sites for hydroxylation is 1. The molecule has 0 saturated heterocycles. The highest BCUT2D eigenvalue weighted by molar-refractivity contribution is 7.92. The first kappa shape index (κ1) is 21.7. The molecular weight excluding hydrogens is 424 g/mol. The van der Waals surface area contributed by atoms with Crippen molar-refractivity contribution in [3.63, 3.8) is 0 Å². The summed E-state index contributed by atoms with van der Waals surface area (Å²) in [5.74, 6) is 0.185. The summed E-state index contributed by atoms with van der Waals surface area (Å²) in [6.45, 7) is 1.89. The van der Waals surface area contributed by atoms with Gasteiger partial charge in [0.1, 0.15) is 5.75 Å². The molecule has 6 nitrogen and oxygen atoms in total. The van der Waals surface area contributed by atoms with E-state index in [0.717, 1.165) is 9.87 Å². The van der Waals surface area contributed by atoms with Crippen LogP contribution in [0.3, 0.4) is 0 Å². The van der Waals surface area contributed by atoms with Crippen molar-refractivity contribution in [3.05, 3.63) is 82.9 Å². The van der Waals surface area contributed by atoms with Gasteiger partial charge in [0.25, 0.3) is 15.9 Å². The Bertz CT molecular complexity index is 1180. The van der Waals surface area contributed by atoms with Gasteiger partial charge in [-0.3, -0.25) is 9.10 Å². The molecule has 0 fully saturated rings. The number of hydrogen-bond donors (Lipinski definition) is 1. The van der Waals surface area contributed by atoms with Crippen molar-refractivity contribution in [2.75, 3.05) is 23.8 Å². The number of rotatable bonds is 6. The van der Waals surface area contributed by atoms with Gasteiger partial charge in [0.2, 0.25) is 0 Å². The molecule has 0 aliphatic rings. The summed E-state index contributed by atoms with van der Waals surface area (Å²) in [6.07, 6.45) is 0. The van der Waals surface area contributed by atoms with Gasteiger partial charge in [-0.2, -0.15) is 0 Å². The number of hydrogen-bond acceptors (Lipinski definition) is 4. The Labute approximate surface area is 181 Å². The number of halogens is 1. The maximum absolute atomic E-state index is 12.9. The van der Waals surface area contributed by atoms with Crippen LogP contribution >= 0.6 is 11.6 Å². The molecule has 0 aliphatic carbocycles. The third-order valence-electron chi connectivity index (χ3n) is 4.67. The summed E-state index contributed by atoms with van der Waals surface area (Å²) in [7, 11) is -0.865. The number of methoxy groups -OCH3 is 1. The van der Waals surface area contributed by atoms with E-state index in [4.69, 9.17) is 16.3 Å². The second-order valence-corrected chi connectivity index (χ2v) is 8.96. The molecule has 30 heavy (non-hydrogen) atoms. The standard InChI is InChI=1S/C22H21ClN2O4S/c1-15-6-4-5-7-21(15)24-22(26)19-13-8-16(14-20(19)23)25(2)30(27,28)18-11-9-17(29-3)10-12-18/h4-14H,1-3H3,(H,24,26). The lowest BCUT2D eigenvalue weighted by Gasteiger charge is -2.20. The Kier molecular flexibility index (Phi) is 6.34. The molecule has 1 amide bonds. The lowest BCUT2D eigenvalue weighted by Crippen LogP contribution is -2.26. The molecule has 0 unspecified atom stereocenters. The van der Waals surface area contributed by atoms with Gasteiger partial charge in [-0.25, -0.2) is 8.42 Å². The minimum absolute atomic E-state index is 0.114. The van der Waals surface area contributed by atoms with Crippen LogP contribution < -0.4 is 14.4 Å². The molecule has 3 aromatic rings. The van der Waals surface area contributed by atoms with Gasteiger partial charge in [-0.05, 0) is 61.0 Å². The Balaban J connectivity index is 1.84. The van der Waals surface area contributed by atoms with Crippen LogP contribution in [0.25, 0.3) is 0 Å². The Morgan fingerprint density at radius 3 is 2.30 bits per heavy atom. The highest BCUT2D eigenvalue weighted by Gasteiger charge is 2.23. The van der Waals surface area contributed by atoms with Crippen LogP contribution in [-0.2, 0) is 10.0 Å². The van der Waals surface area contributed by atoms with Crippen LogP contribution in [0.4, 0.5) is 11.4 Å². The molecule has 0 aliphatic heterocycles. The van der Waals surface area contributed by atoms with Crippen molar-refractivity contribution in [2.45, 2.75) is 11.8 Å². The van der Waals surface area contributed by atoms with Gasteiger partial charge in [0, 0.05) is 12.7 Å². The third kappa shape index (κ3) is 4.42. The summed E-state index contributed by atoms with van der Waals surface area (Å²) >= 11 is 6.31. The van der Waals surface area contributed by atoms with Crippen LogP contribution in [0.15, 0.2) is 71.6 Å². The summed E-state index contributed by atoms with van der Waals surface area (Å²) < 4.78 is 32.0. The van der Waals surface area contributed by atoms with E-state index in [2.05, 4.69) is 5.32 Å². The fraction of sp³-hybridized carbons (Fsp3) is 0.136. The number of benzene rings is 3. The molecule has 3 rings (SSSR count). The molecule has 0 aromatic heterocycles. The molecule has 0 bridgehead atoms. The van der Waals surface area contributed by atoms with Crippen molar-refractivity contribution in [1.82, 2.24) is 0 Å². The lowest BCUT2D eigenvalue weighted by atomic mass is 10.1. The van der Waals surface area contributed by atoms with E-state index in [1.807, 2.05) is 25.1 Å². The topological polar surface area (TPSA) is 75.7 Å². The van der Waals surface area contributed by atoms with Gasteiger partial charge in [0.05, 0.1) is 28.3 Å². The minimum atomic E-state index is -3.80. The molecule has 3 aromatic carbocycles. The predicted molar refractivity (Wildman–Crippen MR) is 119 cm³/mol. The van der Waals surface area contributed by atoms with E-state index in [0.29, 0.717) is 17.1 Å². The van der Waals surface area contributed by atoms with Gasteiger partial charge in [-0.1, -0.05) is 29.8 Å². The first-order chi connectivity index (χ1) is 14.2. The van der Waals surface area contributed by atoms with E-state index in [-0.39, 0.29) is 21.4 Å². The molecule has 8 heteroatoms. The van der Waals surface area contributed by atoms with E-state index in [1.54, 1.807) is 24.3 Å². The number of carbonyl (C=O) groups excluding carboxylic acids is 1. The van der Waals surface area contributed by atoms with E-state index in [9.17, 15) is 13.2 Å². The summed E-state index contributed by atoms with van der Waals surface area (Å²) in [5, 5.41) is 2.96. The monoisotopic (exact) mass is 444 g/mol.